The van der Waals surface area contributed by atoms with Crippen molar-refractivity contribution in [2.75, 3.05) is 6.54 Å². The first-order chi connectivity index (χ1) is 5.00. The molecule has 0 aliphatic heterocycles. The first-order valence-corrected chi connectivity index (χ1v) is 3.02. The van der Waals surface area contributed by atoms with E-state index < -0.39 is 24.6 Å². The number of aliphatic carboxylic acids is 1. The molecule has 6 nitrogen and oxygen atoms in total. The number of aliphatic hydroxyl groups excluding tert-OH is 1. The number of carboxylic acid groups (broad SMARTS) is 1. The molecule has 0 radical (unpaired) electrons. The van der Waals surface area contributed by atoms with E-state index in [-0.39, 0.29) is 0 Å². The third kappa shape index (κ3) is 2.74. The number of hydrogen-bond donors (Lipinski definition) is 4. The second kappa shape index (κ2) is 4.16. The summed E-state index contributed by atoms with van der Waals surface area (Å²) in [5.41, 5.74) is 4.87. The number of carbonyl (C=O) groups excluding carboxylic acids is 1. The SMILES string of the molecule is NCC(=O)N(S)C(O)C(=O)O. The van der Waals surface area contributed by atoms with Crippen molar-refractivity contribution in [3.8, 4) is 0 Å². The molecule has 0 aromatic rings. The Kier molecular flexibility index (Phi) is 3.86. The summed E-state index contributed by atoms with van der Waals surface area (Å²) < 4.78 is 0.350. The average molecular weight is 180 g/mol. The Morgan fingerprint density at radius 1 is 1.64 bits per heavy atom. The Balaban J connectivity index is 4.12. The summed E-state index contributed by atoms with van der Waals surface area (Å²) in [6, 6.07) is 0. The van der Waals surface area contributed by atoms with Crippen LogP contribution in [0.1, 0.15) is 0 Å². The minimum Gasteiger partial charge on any atom is -0.478 e. The Labute approximate surface area is 68.1 Å². The number of rotatable bonds is 3. The number of amides is 1. The van der Waals surface area contributed by atoms with Crippen LogP contribution in [0.25, 0.3) is 0 Å². The van der Waals surface area contributed by atoms with Gasteiger partial charge in [0.1, 0.15) is 0 Å². The lowest BCUT2D eigenvalue weighted by Gasteiger charge is -2.16. The van der Waals surface area contributed by atoms with Crippen LogP contribution < -0.4 is 5.73 Å². The van der Waals surface area contributed by atoms with Gasteiger partial charge in [0.2, 0.25) is 12.1 Å². The normalized spacial score (nSPS) is 12.3. The number of nitrogens with two attached hydrogens (primary N) is 1. The largest absolute Gasteiger partial charge is 0.478 e. The van der Waals surface area contributed by atoms with Crippen LogP contribution in [0.4, 0.5) is 0 Å². The fourth-order valence-corrected chi connectivity index (χ4v) is 0.515. The molecule has 0 rings (SSSR count). The molecule has 0 aromatic heterocycles. The van der Waals surface area contributed by atoms with Gasteiger partial charge >= 0.3 is 5.97 Å². The Morgan fingerprint density at radius 2 is 2.09 bits per heavy atom. The molecule has 0 fully saturated rings. The van der Waals surface area contributed by atoms with Gasteiger partial charge in [-0.15, -0.1) is 0 Å². The van der Waals surface area contributed by atoms with Gasteiger partial charge in [-0.3, -0.25) is 9.10 Å². The summed E-state index contributed by atoms with van der Waals surface area (Å²) in [4.78, 5) is 20.6. The van der Waals surface area contributed by atoms with E-state index in [2.05, 4.69) is 12.8 Å². The average Bonchev–Trinajstić information content (AvgIpc) is 2.00. The Bertz CT molecular complexity index is 173. The van der Waals surface area contributed by atoms with E-state index in [1.165, 1.54) is 0 Å². The second-order valence-corrected chi connectivity index (χ2v) is 2.09. The molecule has 0 aromatic carbocycles. The van der Waals surface area contributed by atoms with E-state index in [0.29, 0.717) is 4.31 Å². The summed E-state index contributed by atoms with van der Waals surface area (Å²) in [7, 11) is 0. The van der Waals surface area contributed by atoms with Crippen molar-refractivity contribution in [3.05, 3.63) is 0 Å². The van der Waals surface area contributed by atoms with Crippen molar-refractivity contribution in [2.24, 2.45) is 5.73 Å². The van der Waals surface area contributed by atoms with E-state index in [4.69, 9.17) is 15.9 Å². The van der Waals surface area contributed by atoms with E-state index in [1.54, 1.807) is 0 Å². The second-order valence-electron chi connectivity index (χ2n) is 1.65. The van der Waals surface area contributed by atoms with E-state index in [9.17, 15) is 9.59 Å². The van der Waals surface area contributed by atoms with Gasteiger partial charge in [-0.25, -0.2) is 4.79 Å². The van der Waals surface area contributed by atoms with Gasteiger partial charge in [-0.1, -0.05) is 12.8 Å². The van der Waals surface area contributed by atoms with Crippen LogP contribution in [0.15, 0.2) is 0 Å². The Hall–Kier alpha value is -0.790. The molecule has 0 spiro atoms. The van der Waals surface area contributed by atoms with E-state index in [1.807, 2.05) is 0 Å². The highest BCUT2D eigenvalue weighted by Crippen LogP contribution is 1.99. The van der Waals surface area contributed by atoms with Gasteiger partial charge in [-0.2, -0.15) is 0 Å². The maximum Gasteiger partial charge on any atom is 0.354 e. The monoisotopic (exact) mass is 180 g/mol. The maximum atomic E-state index is 10.6. The number of nitrogens with zero attached hydrogens (tertiary/aromatic N) is 1. The molecule has 4 N–H and O–H groups in total. The van der Waals surface area contributed by atoms with Gasteiger partial charge in [0.05, 0.1) is 6.54 Å². The summed E-state index contributed by atoms with van der Waals surface area (Å²) in [5, 5.41) is 16.8. The third-order valence-corrected chi connectivity index (χ3v) is 1.32. The van der Waals surface area contributed by atoms with Gasteiger partial charge in [0, 0.05) is 0 Å². The predicted molar refractivity (Wildman–Crippen MR) is 38.5 cm³/mol. The van der Waals surface area contributed by atoms with Crippen LogP contribution >= 0.6 is 12.8 Å². The predicted octanol–water partition coefficient (Wildman–Crippen LogP) is -1.98. The lowest BCUT2D eigenvalue weighted by Crippen LogP contribution is -2.41. The number of thiol groups is 1. The molecule has 64 valence electrons. The van der Waals surface area contributed by atoms with E-state index in [0.717, 1.165) is 0 Å². The molecule has 0 aliphatic rings. The summed E-state index contributed by atoms with van der Waals surface area (Å²) in [6.07, 6.45) is -1.95. The summed E-state index contributed by atoms with van der Waals surface area (Å²) in [5.74, 6) is -2.31. The minimum absolute atomic E-state index is 0.350. The van der Waals surface area contributed by atoms with Crippen LogP contribution in [0.2, 0.25) is 0 Å². The summed E-state index contributed by atoms with van der Waals surface area (Å²) in [6.45, 7) is -0.395. The fourth-order valence-electron chi connectivity index (χ4n) is 0.335. The molecule has 0 bridgehead atoms. The van der Waals surface area contributed by atoms with Crippen molar-refractivity contribution in [1.29, 1.82) is 0 Å². The molecular weight excluding hydrogens is 172 g/mol. The fraction of sp³-hybridized carbons (Fsp3) is 0.500. The van der Waals surface area contributed by atoms with Crippen LogP contribution in [0.5, 0.6) is 0 Å². The zero-order chi connectivity index (χ0) is 9.02. The van der Waals surface area contributed by atoms with Crippen LogP contribution in [-0.4, -0.2) is 39.2 Å². The molecule has 0 heterocycles. The van der Waals surface area contributed by atoms with Crippen molar-refractivity contribution >= 4 is 24.7 Å². The number of aliphatic hydroxyl groups is 1. The standard InChI is InChI=1S/C4H8N2O4S/c5-1-2(7)6(11)3(8)4(9)10/h3,8,11H,1,5H2,(H,9,10). The van der Waals surface area contributed by atoms with Crippen molar-refractivity contribution in [2.45, 2.75) is 6.23 Å². The molecule has 0 saturated carbocycles. The highest BCUT2D eigenvalue weighted by Gasteiger charge is 2.23. The van der Waals surface area contributed by atoms with Crippen molar-refractivity contribution < 1.29 is 19.8 Å². The number of carboxylic acids is 1. The number of carbonyl (C=O) groups is 2. The van der Waals surface area contributed by atoms with Gasteiger partial charge in [0.25, 0.3) is 0 Å². The minimum atomic E-state index is -1.95. The van der Waals surface area contributed by atoms with Gasteiger partial charge in [-0.05, 0) is 0 Å². The molecular formula is C4H8N2O4S. The quantitative estimate of drug-likeness (QED) is 0.298. The zero-order valence-electron chi connectivity index (χ0n) is 5.47. The van der Waals surface area contributed by atoms with Crippen LogP contribution in [-0.2, 0) is 9.59 Å². The summed E-state index contributed by atoms with van der Waals surface area (Å²) >= 11 is 3.41. The number of hydrogen-bond acceptors (Lipinski definition) is 5. The smallest absolute Gasteiger partial charge is 0.354 e. The first kappa shape index (κ1) is 10.2. The van der Waals surface area contributed by atoms with Crippen molar-refractivity contribution in [3.63, 3.8) is 0 Å². The molecule has 0 aliphatic carbocycles. The topological polar surface area (TPSA) is 104 Å². The van der Waals surface area contributed by atoms with Crippen LogP contribution in [0, 0.1) is 0 Å². The Morgan fingerprint density at radius 3 is 2.36 bits per heavy atom. The molecule has 11 heavy (non-hydrogen) atoms. The first-order valence-electron chi connectivity index (χ1n) is 2.62. The molecule has 1 amide bonds. The highest BCUT2D eigenvalue weighted by atomic mass is 32.1. The molecule has 7 heteroatoms. The van der Waals surface area contributed by atoms with E-state index >= 15 is 0 Å². The van der Waals surface area contributed by atoms with Crippen molar-refractivity contribution in [1.82, 2.24) is 4.31 Å². The van der Waals surface area contributed by atoms with Gasteiger partial charge < -0.3 is 15.9 Å². The lowest BCUT2D eigenvalue weighted by atomic mass is 10.5. The van der Waals surface area contributed by atoms with Crippen LogP contribution in [0.3, 0.4) is 0 Å². The van der Waals surface area contributed by atoms with Gasteiger partial charge in [0.15, 0.2) is 0 Å². The third-order valence-electron chi connectivity index (χ3n) is 0.883. The molecule has 1 unspecified atom stereocenters. The maximum absolute atomic E-state index is 10.6. The molecule has 1 atom stereocenters. The molecule has 0 saturated heterocycles. The lowest BCUT2D eigenvalue weighted by molar-refractivity contribution is -0.157. The zero-order valence-corrected chi connectivity index (χ0v) is 6.36. The highest BCUT2D eigenvalue weighted by molar-refractivity contribution is 7.78.